The normalized spacial score (nSPS) is 20.9. The fourth-order valence-corrected chi connectivity index (χ4v) is 4.00. The largest absolute Gasteiger partial charge is 0.353 e. The highest BCUT2D eigenvalue weighted by molar-refractivity contribution is 6.31. The Kier molecular flexibility index (Phi) is 3.89. The summed E-state index contributed by atoms with van der Waals surface area (Å²) in [6, 6.07) is 6.70. The third-order valence-electron chi connectivity index (χ3n) is 5.03. The molecule has 4 rings (SSSR count). The summed E-state index contributed by atoms with van der Waals surface area (Å²) in [5.41, 5.74) is 0.927. The second kappa shape index (κ2) is 6.01. The summed E-state index contributed by atoms with van der Waals surface area (Å²) < 4.78 is 0. The summed E-state index contributed by atoms with van der Waals surface area (Å²) in [5.74, 6) is 1.05. The minimum Gasteiger partial charge on any atom is -0.353 e. The molecule has 116 valence electrons. The monoisotopic (exact) mass is 316 g/mol. The molecule has 1 aliphatic carbocycles. The van der Waals surface area contributed by atoms with E-state index in [9.17, 15) is 0 Å². The van der Waals surface area contributed by atoms with Crippen LogP contribution in [0.15, 0.2) is 24.5 Å². The van der Waals surface area contributed by atoms with Crippen LogP contribution in [-0.4, -0.2) is 47.1 Å². The minimum atomic E-state index is 0.725. The Morgan fingerprint density at radius 2 is 1.77 bits per heavy atom. The van der Waals surface area contributed by atoms with Crippen LogP contribution in [0.1, 0.15) is 25.7 Å². The number of rotatable bonds is 2. The molecule has 1 aromatic carbocycles. The lowest BCUT2D eigenvalue weighted by Gasteiger charge is -2.38. The summed E-state index contributed by atoms with van der Waals surface area (Å²) in [6.07, 6.45) is 7.23. The Morgan fingerprint density at radius 1 is 1.00 bits per heavy atom. The molecule has 0 spiro atoms. The number of anilines is 1. The molecule has 0 bridgehead atoms. The molecule has 22 heavy (non-hydrogen) atoms. The van der Waals surface area contributed by atoms with Gasteiger partial charge in [0, 0.05) is 42.6 Å². The van der Waals surface area contributed by atoms with E-state index in [1.165, 1.54) is 25.7 Å². The van der Waals surface area contributed by atoms with E-state index in [-0.39, 0.29) is 0 Å². The molecule has 1 saturated heterocycles. The number of halogens is 1. The van der Waals surface area contributed by atoms with E-state index < -0.39 is 0 Å². The molecule has 0 atom stereocenters. The summed E-state index contributed by atoms with van der Waals surface area (Å²) in [5, 5.41) is 1.82. The number of hydrogen-bond donors (Lipinski definition) is 0. The first kappa shape index (κ1) is 14.2. The van der Waals surface area contributed by atoms with E-state index in [2.05, 4.69) is 19.8 Å². The predicted molar refractivity (Wildman–Crippen MR) is 90.6 cm³/mol. The fourth-order valence-electron chi connectivity index (χ4n) is 3.84. The molecular weight excluding hydrogens is 296 g/mol. The maximum atomic E-state index is 6.07. The van der Waals surface area contributed by atoms with Crippen LogP contribution >= 0.6 is 11.6 Å². The molecule has 1 aromatic heterocycles. The summed E-state index contributed by atoms with van der Waals surface area (Å²) in [4.78, 5) is 13.9. The number of piperazine rings is 1. The third-order valence-corrected chi connectivity index (χ3v) is 5.27. The lowest BCUT2D eigenvalue weighted by atomic mass is 10.1. The van der Waals surface area contributed by atoms with Crippen molar-refractivity contribution < 1.29 is 0 Å². The summed E-state index contributed by atoms with van der Waals surface area (Å²) in [6.45, 7) is 4.38. The lowest BCUT2D eigenvalue weighted by molar-refractivity contribution is 0.187. The standard InChI is InChI=1S/C17H21ClN4/c18-13-5-6-15-16(11-13)19-12-20-17(15)22-9-7-21(8-10-22)14-3-1-2-4-14/h5-6,11-12,14H,1-4,7-10H2. The van der Waals surface area contributed by atoms with Crippen molar-refractivity contribution in [2.75, 3.05) is 31.1 Å². The van der Waals surface area contributed by atoms with E-state index in [0.717, 1.165) is 54.0 Å². The molecule has 0 unspecified atom stereocenters. The predicted octanol–water partition coefficient (Wildman–Crippen LogP) is 3.35. The van der Waals surface area contributed by atoms with Gasteiger partial charge >= 0.3 is 0 Å². The van der Waals surface area contributed by atoms with E-state index in [1.807, 2.05) is 18.2 Å². The SMILES string of the molecule is Clc1ccc2c(N3CCN(C4CCCC4)CC3)ncnc2c1. The highest BCUT2D eigenvalue weighted by Crippen LogP contribution is 2.28. The molecule has 4 nitrogen and oxygen atoms in total. The van der Waals surface area contributed by atoms with Gasteiger partial charge in [-0.05, 0) is 31.0 Å². The van der Waals surface area contributed by atoms with Crippen LogP contribution in [0.3, 0.4) is 0 Å². The van der Waals surface area contributed by atoms with Gasteiger partial charge in [0.2, 0.25) is 0 Å². The lowest BCUT2D eigenvalue weighted by Crippen LogP contribution is -2.50. The van der Waals surface area contributed by atoms with Crippen molar-refractivity contribution in [2.24, 2.45) is 0 Å². The van der Waals surface area contributed by atoms with Crippen molar-refractivity contribution in [2.45, 2.75) is 31.7 Å². The average Bonchev–Trinajstić information content (AvgIpc) is 3.09. The topological polar surface area (TPSA) is 32.3 Å². The van der Waals surface area contributed by atoms with Crippen molar-refractivity contribution in [3.8, 4) is 0 Å². The first-order chi connectivity index (χ1) is 10.8. The van der Waals surface area contributed by atoms with E-state index >= 15 is 0 Å². The molecule has 0 radical (unpaired) electrons. The van der Waals surface area contributed by atoms with E-state index in [4.69, 9.17) is 11.6 Å². The molecule has 2 aromatic rings. The smallest absolute Gasteiger partial charge is 0.139 e. The van der Waals surface area contributed by atoms with Crippen molar-refractivity contribution in [1.29, 1.82) is 0 Å². The van der Waals surface area contributed by atoms with E-state index in [0.29, 0.717) is 0 Å². The van der Waals surface area contributed by atoms with Crippen molar-refractivity contribution >= 4 is 28.3 Å². The fraction of sp³-hybridized carbons (Fsp3) is 0.529. The maximum absolute atomic E-state index is 6.07. The maximum Gasteiger partial charge on any atom is 0.139 e. The van der Waals surface area contributed by atoms with Gasteiger partial charge in [-0.25, -0.2) is 9.97 Å². The van der Waals surface area contributed by atoms with Crippen LogP contribution in [0, 0.1) is 0 Å². The minimum absolute atomic E-state index is 0.725. The van der Waals surface area contributed by atoms with Crippen molar-refractivity contribution in [1.82, 2.24) is 14.9 Å². The highest BCUT2D eigenvalue weighted by Gasteiger charge is 2.27. The van der Waals surface area contributed by atoms with Crippen LogP contribution in [0.5, 0.6) is 0 Å². The van der Waals surface area contributed by atoms with Gasteiger partial charge in [0.1, 0.15) is 12.1 Å². The van der Waals surface area contributed by atoms with Gasteiger partial charge in [-0.2, -0.15) is 0 Å². The molecule has 0 amide bonds. The first-order valence-electron chi connectivity index (χ1n) is 8.20. The Morgan fingerprint density at radius 3 is 2.55 bits per heavy atom. The van der Waals surface area contributed by atoms with Crippen molar-refractivity contribution in [3.63, 3.8) is 0 Å². The second-order valence-corrected chi connectivity index (χ2v) is 6.76. The number of benzene rings is 1. The van der Waals surface area contributed by atoms with Crippen LogP contribution < -0.4 is 4.90 Å². The van der Waals surface area contributed by atoms with Crippen LogP contribution in [0.4, 0.5) is 5.82 Å². The Balaban J connectivity index is 1.53. The van der Waals surface area contributed by atoms with Gasteiger partial charge in [0.05, 0.1) is 5.52 Å². The molecule has 1 aliphatic heterocycles. The molecule has 0 N–H and O–H groups in total. The van der Waals surface area contributed by atoms with Gasteiger partial charge in [-0.1, -0.05) is 24.4 Å². The second-order valence-electron chi connectivity index (χ2n) is 6.32. The van der Waals surface area contributed by atoms with Gasteiger partial charge in [0.25, 0.3) is 0 Å². The zero-order valence-electron chi connectivity index (χ0n) is 12.7. The average molecular weight is 317 g/mol. The third kappa shape index (κ3) is 2.66. The van der Waals surface area contributed by atoms with Gasteiger partial charge < -0.3 is 4.90 Å². The Hall–Kier alpha value is -1.39. The van der Waals surface area contributed by atoms with Gasteiger partial charge in [-0.15, -0.1) is 0 Å². The number of fused-ring (bicyclic) bond motifs is 1. The van der Waals surface area contributed by atoms with Crippen LogP contribution in [0.25, 0.3) is 10.9 Å². The molecule has 2 aliphatic rings. The Bertz CT molecular complexity index is 661. The molecule has 1 saturated carbocycles. The first-order valence-corrected chi connectivity index (χ1v) is 8.58. The van der Waals surface area contributed by atoms with Crippen LogP contribution in [0.2, 0.25) is 5.02 Å². The molecule has 2 fully saturated rings. The Labute approximate surface area is 136 Å². The molecule has 2 heterocycles. The number of aromatic nitrogens is 2. The summed E-state index contributed by atoms with van der Waals surface area (Å²) >= 11 is 6.07. The van der Waals surface area contributed by atoms with Gasteiger partial charge in [0.15, 0.2) is 0 Å². The quantitative estimate of drug-likeness (QED) is 0.850. The molecular formula is C17H21ClN4. The summed E-state index contributed by atoms with van der Waals surface area (Å²) in [7, 11) is 0. The highest BCUT2D eigenvalue weighted by atomic mass is 35.5. The zero-order chi connectivity index (χ0) is 14.9. The number of nitrogens with zero attached hydrogens (tertiary/aromatic N) is 4. The zero-order valence-corrected chi connectivity index (χ0v) is 13.5. The van der Waals surface area contributed by atoms with Gasteiger partial charge in [-0.3, -0.25) is 4.90 Å². The number of hydrogen-bond acceptors (Lipinski definition) is 4. The van der Waals surface area contributed by atoms with E-state index in [1.54, 1.807) is 6.33 Å². The van der Waals surface area contributed by atoms with Crippen molar-refractivity contribution in [3.05, 3.63) is 29.5 Å². The van der Waals surface area contributed by atoms with Crippen LogP contribution in [-0.2, 0) is 0 Å². The molecule has 5 heteroatoms.